The van der Waals surface area contributed by atoms with Gasteiger partial charge >= 0.3 is 5.97 Å². The SMILES string of the molecule is [CH2]CCCCCCCCCOOC(=O)c1c(C)c(C)c(C)c(C)c1C. The summed E-state index contributed by atoms with van der Waals surface area (Å²) in [6, 6.07) is 0. The molecule has 0 N–H and O–H groups in total. The molecule has 0 bridgehead atoms. The maximum Gasteiger partial charge on any atom is 0.373 e. The molecule has 0 aliphatic heterocycles. The second-order valence-corrected chi connectivity index (χ2v) is 7.02. The molecule has 0 fully saturated rings. The van der Waals surface area contributed by atoms with Gasteiger partial charge in [0.05, 0.1) is 12.2 Å². The van der Waals surface area contributed by atoms with E-state index in [2.05, 4.69) is 13.8 Å². The van der Waals surface area contributed by atoms with Crippen LogP contribution >= 0.6 is 0 Å². The van der Waals surface area contributed by atoms with Crippen LogP contribution in [0.5, 0.6) is 0 Å². The van der Waals surface area contributed by atoms with Gasteiger partial charge in [-0.2, -0.15) is 4.89 Å². The highest BCUT2D eigenvalue weighted by Gasteiger charge is 2.20. The first-order chi connectivity index (χ1) is 11.9. The fourth-order valence-electron chi connectivity index (χ4n) is 3.16. The van der Waals surface area contributed by atoms with Gasteiger partial charge in [0, 0.05) is 0 Å². The molecular weight excluding hydrogens is 312 g/mol. The lowest BCUT2D eigenvalue weighted by Gasteiger charge is -2.17. The second kappa shape index (κ2) is 11.3. The zero-order chi connectivity index (χ0) is 18.8. The normalized spacial score (nSPS) is 11.0. The standard InChI is InChI=1S/C22H35O3/c1-7-8-9-10-11-12-13-14-15-24-25-22(23)21-19(5)17(3)16(2)18(4)20(21)6/h1,7-15H2,2-6H3. The number of unbranched alkanes of at least 4 members (excludes halogenated alkanes) is 7. The lowest BCUT2D eigenvalue weighted by atomic mass is 9.90. The smallest absolute Gasteiger partial charge is 0.293 e. The average Bonchev–Trinajstić information content (AvgIpc) is 2.60. The molecule has 0 spiro atoms. The molecule has 25 heavy (non-hydrogen) atoms. The van der Waals surface area contributed by atoms with Crippen LogP contribution in [0.15, 0.2) is 0 Å². The Balaban J connectivity index is 2.34. The number of hydrogen-bond acceptors (Lipinski definition) is 3. The Kier molecular flexibility index (Phi) is 9.81. The molecule has 0 saturated carbocycles. The Morgan fingerprint density at radius 1 is 0.720 bits per heavy atom. The summed E-state index contributed by atoms with van der Waals surface area (Å²) in [5.41, 5.74) is 6.14. The molecule has 1 rings (SSSR count). The number of hydrogen-bond donors (Lipinski definition) is 0. The van der Waals surface area contributed by atoms with Crippen LogP contribution in [-0.4, -0.2) is 12.6 Å². The number of carbonyl (C=O) groups excluding carboxylic acids is 1. The van der Waals surface area contributed by atoms with E-state index in [-0.39, 0.29) is 5.97 Å². The average molecular weight is 348 g/mol. The number of carbonyl (C=O) groups is 1. The predicted octanol–water partition coefficient (Wildman–Crippen LogP) is 6.27. The van der Waals surface area contributed by atoms with Gasteiger partial charge in [-0.05, 0) is 68.9 Å². The molecule has 3 heteroatoms. The molecule has 0 aliphatic carbocycles. The van der Waals surface area contributed by atoms with Crippen LogP contribution in [-0.2, 0) is 9.78 Å². The Morgan fingerprint density at radius 3 is 1.68 bits per heavy atom. The van der Waals surface area contributed by atoms with E-state index in [9.17, 15) is 4.79 Å². The second-order valence-electron chi connectivity index (χ2n) is 7.02. The van der Waals surface area contributed by atoms with Crippen LogP contribution < -0.4 is 0 Å². The van der Waals surface area contributed by atoms with Gasteiger partial charge < -0.3 is 0 Å². The van der Waals surface area contributed by atoms with E-state index in [1.54, 1.807) is 0 Å². The summed E-state index contributed by atoms with van der Waals surface area (Å²) in [5, 5.41) is 0. The Morgan fingerprint density at radius 2 is 1.16 bits per heavy atom. The van der Waals surface area contributed by atoms with E-state index in [1.165, 1.54) is 37.7 Å². The molecule has 141 valence electrons. The highest BCUT2D eigenvalue weighted by atomic mass is 17.2. The van der Waals surface area contributed by atoms with Crippen LogP contribution in [0.25, 0.3) is 0 Å². The largest absolute Gasteiger partial charge is 0.373 e. The van der Waals surface area contributed by atoms with E-state index in [1.807, 2.05) is 27.7 Å². The summed E-state index contributed by atoms with van der Waals surface area (Å²) in [6.45, 7) is 14.5. The van der Waals surface area contributed by atoms with Crippen molar-refractivity contribution in [2.24, 2.45) is 0 Å². The van der Waals surface area contributed by atoms with Crippen molar-refractivity contribution in [1.29, 1.82) is 0 Å². The lowest BCUT2D eigenvalue weighted by Crippen LogP contribution is -2.13. The van der Waals surface area contributed by atoms with Gasteiger partial charge in [0.25, 0.3) is 0 Å². The van der Waals surface area contributed by atoms with Gasteiger partial charge in [0.15, 0.2) is 0 Å². The number of rotatable bonds is 11. The summed E-state index contributed by atoms with van der Waals surface area (Å²) >= 11 is 0. The van der Waals surface area contributed by atoms with Gasteiger partial charge in [-0.1, -0.05) is 51.9 Å². The minimum absolute atomic E-state index is 0.380. The van der Waals surface area contributed by atoms with E-state index in [0.29, 0.717) is 12.2 Å². The first-order valence-corrected chi connectivity index (χ1v) is 9.61. The molecule has 0 heterocycles. The summed E-state index contributed by atoms with van der Waals surface area (Å²) in [7, 11) is 0. The molecule has 0 aliphatic rings. The predicted molar refractivity (Wildman–Crippen MR) is 104 cm³/mol. The van der Waals surface area contributed by atoms with Crippen LogP contribution in [0, 0.1) is 41.5 Å². The molecule has 0 amide bonds. The molecular formula is C22H35O3. The van der Waals surface area contributed by atoms with E-state index in [0.717, 1.165) is 41.5 Å². The van der Waals surface area contributed by atoms with Gasteiger partial charge in [-0.25, -0.2) is 4.79 Å². The third kappa shape index (κ3) is 6.47. The van der Waals surface area contributed by atoms with Crippen LogP contribution in [0.3, 0.4) is 0 Å². The van der Waals surface area contributed by atoms with Gasteiger partial charge in [0.1, 0.15) is 0 Å². The van der Waals surface area contributed by atoms with Gasteiger partial charge in [0.2, 0.25) is 0 Å². The Labute approximate surface area is 154 Å². The number of benzene rings is 1. The van der Waals surface area contributed by atoms with Crippen LogP contribution in [0.4, 0.5) is 0 Å². The fraction of sp³-hybridized carbons (Fsp3) is 0.636. The van der Waals surface area contributed by atoms with Crippen molar-refractivity contribution in [2.75, 3.05) is 6.61 Å². The summed E-state index contributed by atoms with van der Waals surface area (Å²) < 4.78 is 0. The van der Waals surface area contributed by atoms with Crippen molar-refractivity contribution in [3.05, 3.63) is 40.3 Å². The highest BCUT2D eigenvalue weighted by Crippen LogP contribution is 2.26. The minimum atomic E-state index is -0.380. The summed E-state index contributed by atoms with van der Waals surface area (Å²) in [6.07, 6.45) is 9.36. The van der Waals surface area contributed by atoms with Crippen molar-refractivity contribution in [1.82, 2.24) is 0 Å². The van der Waals surface area contributed by atoms with E-state index in [4.69, 9.17) is 9.78 Å². The monoisotopic (exact) mass is 347 g/mol. The van der Waals surface area contributed by atoms with Crippen molar-refractivity contribution in [3.63, 3.8) is 0 Å². The molecule has 3 nitrogen and oxygen atoms in total. The van der Waals surface area contributed by atoms with Crippen molar-refractivity contribution < 1.29 is 14.6 Å². The van der Waals surface area contributed by atoms with Crippen molar-refractivity contribution in [2.45, 2.75) is 86.0 Å². The van der Waals surface area contributed by atoms with Gasteiger partial charge in [-0.3, -0.25) is 4.89 Å². The Bertz CT molecular complexity index is 532. The zero-order valence-electron chi connectivity index (χ0n) is 16.8. The summed E-state index contributed by atoms with van der Waals surface area (Å²) in [5.74, 6) is -0.380. The molecule has 1 aromatic rings. The minimum Gasteiger partial charge on any atom is -0.293 e. The highest BCUT2D eigenvalue weighted by molar-refractivity contribution is 5.93. The lowest BCUT2D eigenvalue weighted by molar-refractivity contribution is -0.241. The molecule has 0 saturated heterocycles. The molecule has 0 unspecified atom stereocenters. The first-order valence-electron chi connectivity index (χ1n) is 9.61. The molecule has 1 aromatic carbocycles. The molecule has 0 aromatic heterocycles. The molecule has 1 radical (unpaired) electrons. The third-order valence-corrected chi connectivity index (χ3v) is 5.32. The summed E-state index contributed by atoms with van der Waals surface area (Å²) in [4.78, 5) is 22.6. The first kappa shape index (κ1) is 21.7. The topological polar surface area (TPSA) is 35.5 Å². The van der Waals surface area contributed by atoms with E-state index >= 15 is 0 Å². The maximum atomic E-state index is 12.4. The quantitative estimate of drug-likeness (QED) is 0.269. The van der Waals surface area contributed by atoms with Crippen LogP contribution in [0.2, 0.25) is 0 Å². The molecule has 0 atom stereocenters. The Hall–Kier alpha value is -1.35. The van der Waals surface area contributed by atoms with Crippen molar-refractivity contribution >= 4 is 5.97 Å². The van der Waals surface area contributed by atoms with Crippen LogP contribution in [0.1, 0.15) is 89.5 Å². The fourth-order valence-corrected chi connectivity index (χ4v) is 3.16. The zero-order valence-corrected chi connectivity index (χ0v) is 16.8. The third-order valence-electron chi connectivity index (χ3n) is 5.32. The maximum absolute atomic E-state index is 12.4. The van der Waals surface area contributed by atoms with Crippen molar-refractivity contribution in [3.8, 4) is 0 Å². The van der Waals surface area contributed by atoms with Gasteiger partial charge in [-0.15, -0.1) is 0 Å². The van der Waals surface area contributed by atoms with E-state index < -0.39 is 0 Å².